The molecule has 1 heterocycles. The van der Waals surface area contributed by atoms with Crippen LogP contribution in [-0.4, -0.2) is 35.5 Å². The van der Waals surface area contributed by atoms with Gasteiger partial charge in [-0.2, -0.15) is 0 Å². The second kappa shape index (κ2) is 8.26. The van der Waals surface area contributed by atoms with Crippen LogP contribution in [0.1, 0.15) is 29.9 Å². The Bertz CT molecular complexity index is 765. The molecule has 5 N–H and O–H groups in total. The van der Waals surface area contributed by atoms with Crippen molar-refractivity contribution in [1.29, 1.82) is 0 Å². The maximum absolute atomic E-state index is 11.8. The quantitative estimate of drug-likeness (QED) is 0.650. The molecule has 0 unspecified atom stereocenters. The molecule has 0 saturated carbocycles. The highest BCUT2D eigenvalue weighted by Gasteiger charge is 2.20. The van der Waals surface area contributed by atoms with Crippen molar-refractivity contribution in [2.45, 2.75) is 26.3 Å². The highest BCUT2D eigenvalue weighted by atomic mass is 79.9. The number of nitrogens with two attached hydrogens (primary N) is 2. The van der Waals surface area contributed by atoms with Gasteiger partial charge in [-0.1, -0.05) is 12.1 Å². The van der Waals surface area contributed by atoms with Crippen LogP contribution in [0.5, 0.6) is 0 Å². The summed E-state index contributed by atoms with van der Waals surface area (Å²) in [6.45, 7) is 4.65. The summed E-state index contributed by atoms with van der Waals surface area (Å²) in [5.74, 6) is 0.302. The molecule has 0 spiro atoms. The third-order valence-electron chi connectivity index (χ3n) is 3.80. The largest absolute Gasteiger partial charge is 0.364 e. The van der Waals surface area contributed by atoms with Gasteiger partial charge < -0.3 is 21.7 Å². The second-order valence-electron chi connectivity index (χ2n) is 5.97. The average molecular weight is 407 g/mol. The number of rotatable bonds is 7. The van der Waals surface area contributed by atoms with E-state index in [-0.39, 0.29) is 11.7 Å². The van der Waals surface area contributed by atoms with Crippen LogP contribution < -0.4 is 21.7 Å². The fraction of sp³-hybridized carbons (Fsp3) is 0.353. The summed E-state index contributed by atoms with van der Waals surface area (Å²) < 4.78 is 0.472. The number of anilines is 3. The molecule has 0 atom stereocenters. The molecule has 2 rings (SSSR count). The van der Waals surface area contributed by atoms with Crippen molar-refractivity contribution in [3.8, 4) is 0 Å². The van der Waals surface area contributed by atoms with Gasteiger partial charge in [-0.05, 0) is 60.4 Å². The van der Waals surface area contributed by atoms with Gasteiger partial charge >= 0.3 is 0 Å². The van der Waals surface area contributed by atoms with Gasteiger partial charge in [0.1, 0.15) is 4.60 Å². The van der Waals surface area contributed by atoms with Gasteiger partial charge in [-0.25, -0.2) is 9.97 Å². The molecule has 0 bridgehead atoms. The number of halogens is 1. The minimum Gasteiger partial charge on any atom is -0.364 e. The molecule has 0 aliphatic rings. The van der Waals surface area contributed by atoms with Crippen LogP contribution in [0.25, 0.3) is 0 Å². The Labute approximate surface area is 156 Å². The molecule has 7 nitrogen and oxygen atoms in total. The summed E-state index contributed by atoms with van der Waals surface area (Å²) in [6, 6.07) is 7.99. The SMILES string of the molecule is CC(C)N(C)c1nc(Nc2cccc(CCN)c2)c(C(N)=O)nc1Br. The van der Waals surface area contributed by atoms with E-state index < -0.39 is 5.91 Å². The molecule has 0 radical (unpaired) electrons. The number of aromatic nitrogens is 2. The predicted octanol–water partition coefficient (Wildman–Crippen LogP) is 2.43. The van der Waals surface area contributed by atoms with E-state index in [0.29, 0.717) is 22.8 Å². The lowest BCUT2D eigenvalue weighted by atomic mass is 10.1. The first-order chi connectivity index (χ1) is 11.8. The number of hydrogen-bond acceptors (Lipinski definition) is 6. The van der Waals surface area contributed by atoms with Crippen molar-refractivity contribution in [3.63, 3.8) is 0 Å². The zero-order chi connectivity index (χ0) is 18.6. The molecule has 0 fully saturated rings. The van der Waals surface area contributed by atoms with Crippen LogP contribution >= 0.6 is 15.9 Å². The lowest BCUT2D eigenvalue weighted by molar-refractivity contribution is 0.0996. The van der Waals surface area contributed by atoms with Gasteiger partial charge in [0.2, 0.25) is 0 Å². The Morgan fingerprint density at radius 1 is 1.36 bits per heavy atom. The first-order valence-electron chi connectivity index (χ1n) is 7.99. The third kappa shape index (κ3) is 4.67. The van der Waals surface area contributed by atoms with Gasteiger partial charge in [0, 0.05) is 18.8 Å². The molecular formula is C17H23BrN6O. The summed E-state index contributed by atoms with van der Waals surface area (Å²) >= 11 is 3.37. The fourth-order valence-electron chi connectivity index (χ4n) is 2.24. The van der Waals surface area contributed by atoms with E-state index in [1.165, 1.54) is 0 Å². The van der Waals surface area contributed by atoms with E-state index >= 15 is 0 Å². The smallest absolute Gasteiger partial charge is 0.271 e. The van der Waals surface area contributed by atoms with Gasteiger partial charge in [0.25, 0.3) is 5.91 Å². The Balaban J connectivity index is 2.45. The highest BCUT2D eigenvalue weighted by Crippen LogP contribution is 2.28. The summed E-state index contributed by atoms with van der Waals surface area (Å²) in [6.07, 6.45) is 0.769. The minimum absolute atomic E-state index is 0.0806. The molecule has 1 aromatic carbocycles. The molecule has 2 aromatic rings. The molecule has 25 heavy (non-hydrogen) atoms. The summed E-state index contributed by atoms with van der Waals surface area (Å²) in [5, 5.41) is 3.15. The molecule has 0 saturated heterocycles. The van der Waals surface area contributed by atoms with E-state index in [9.17, 15) is 4.79 Å². The van der Waals surface area contributed by atoms with Crippen molar-refractivity contribution in [2.24, 2.45) is 11.5 Å². The van der Waals surface area contributed by atoms with E-state index in [4.69, 9.17) is 11.5 Å². The van der Waals surface area contributed by atoms with Crippen molar-refractivity contribution in [1.82, 2.24) is 9.97 Å². The molecule has 134 valence electrons. The van der Waals surface area contributed by atoms with E-state index in [0.717, 1.165) is 17.7 Å². The molecule has 0 aliphatic carbocycles. The predicted molar refractivity (Wildman–Crippen MR) is 104 cm³/mol. The number of hydrogen-bond donors (Lipinski definition) is 3. The van der Waals surface area contributed by atoms with Crippen LogP contribution in [0.3, 0.4) is 0 Å². The summed E-state index contributed by atoms with van der Waals surface area (Å²) in [7, 11) is 1.91. The van der Waals surface area contributed by atoms with Gasteiger partial charge in [0.05, 0.1) is 0 Å². The lowest BCUT2D eigenvalue weighted by Crippen LogP contribution is -2.28. The molecule has 0 aliphatic heterocycles. The molecule has 1 aromatic heterocycles. The second-order valence-corrected chi connectivity index (χ2v) is 6.72. The van der Waals surface area contributed by atoms with Crippen molar-refractivity contribution >= 4 is 39.2 Å². The number of amides is 1. The number of carbonyl (C=O) groups is 1. The van der Waals surface area contributed by atoms with Crippen LogP contribution in [0, 0.1) is 0 Å². The van der Waals surface area contributed by atoms with E-state index in [2.05, 4.69) is 31.2 Å². The first kappa shape index (κ1) is 19.1. The third-order valence-corrected chi connectivity index (χ3v) is 4.33. The van der Waals surface area contributed by atoms with Gasteiger partial charge in [0.15, 0.2) is 17.3 Å². The van der Waals surface area contributed by atoms with Crippen LogP contribution in [0.4, 0.5) is 17.3 Å². The molecule has 1 amide bonds. The number of nitrogens with zero attached hydrogens (tertiary/aromatic N) is 3. The molecular weight excluding hydrogens is 384 g/mol. The van der Waals surface area contributed by atoms with Crippen molar-refractivity contribution in [2.75, 3.05) is 23.8 Å². The maximum atomic E-state index is 11.8. The topological polar surface area (TPSA) is 110 Å². The number of nitrogens with one attached hydrogen (secondary N) is 1. The van der Waals surface area contributed by atoms with Crippen LogP contribution in [-0.2, 0) is 6.42 Å². The highest BCUT2D eigenvalue weighted by molar-refractivity contribution is 9.10. The van der Waals surface area contributed by atoms with Crippen LogP contribution in [0.15, 0.2) is 28.9 Å². The Kier molecular flexibility index (Phi) is 6.33. The number of benzene rings is 1. The lowest BCUT2D eigenvalue weighted by Gasteiger charge is -2.24. The fourth-order valence-corrected chi connectivity index (χ4v) is 2.79. The Morgan fingerprint density at radius 2 is 2.08 bits per heavy atom. The van der Waals surface area contributed by atoms with Crippen molar-refractivity contribution < 1.29 is 4.79 Å². The van der Waals surface area contributed by atoms with E-state index in [1.807, 2.05) is 50.1 Å². The van der Waals surface area contributed by atoms with Crippen molar-refractivity contribution in [3.05, 3.63) is 40.1 Å². The average Bonchev–Trinajstić information content (AvgIpc) is 2.56. The molecule has 8 heteroatoms. The van der Waals surface area contributed by atoms with E-state index in [1.54, 1.807) is 0 Å². The maximum Gasteiger partial charge on any atom is 0.271 e. The van der Waals surface area contributed by atoms with Gasteiger partial charge in [-0.15, -0.1) is 0 Å². The normalized spacial score (nSPS) is 10.8. The first-order valence-corrected chi connectivity index (χ1v) is 8.79. The van der Waals surface area contributed by atoms with Gasteiger partial charge in [-0.3, -0.25) is 4.79 Å². The Morgan fingerprint density at radius 3 is 2.68 bits per heavy atom. The Hall–Kier alpha value is -2.19. The standard InChI is InChI=1S/C17H23BrN6O/c1-10(2)24(3)17-14(18)22-13(15(20)25)16(23-17)21-12-6-4-5-11(9-12)7-8-19/h4-6,9-10H,7-8,19H2,1-3H3,(H2,20,25)(H,21,23). The number of carbonyl (C=O) groups excluding carboxylic acids is 1. The zero-order valence-corrected chi connectivity index (χ0v) is 16.2. The monoisotopic (exact) mass is 406 g/mol. The summed E-state index contributed by atoms with van der Waals surface area (Å²) in [5.41, 5.74) is 13.0. The summed E-state index contributed by atoms with van der Waals surface area (Å²) in [4.78, 5) is 22.6. The zero-order valence-electron chi connectivity index (χ0n) is 14.6. The number of primary amides is 1. The van der Waals surface area contributed by atoms with Crippen LogP contribution in [0.2, 0.25) is 0 Å². The minimum atomic E-state index is -0.646.